The predicted octanol–water partition coefficient (Wildman–Crippen LogP) is 4.29. The van der Waals surface area contributed by atoms with Gasteiger partial charge in [0.1, 0.15) is 0 Å². The summed E-state index contributed by atoms with van der Waals surface area (Å²) in [6.45, 7) is 10.1. The van der Waals surface area contributed by atoms with Crippen LogP contribution in [0.2, 0.25) is 0 Å². The standard InChI is InChI=1S/C22H32N2OS/c1-5-19-16(4)14-24(22(19)25)12-6-7-17-8-10-18(11-9-17)13-20(15(2)3)21(23)26/h8-11,15,20H,5-7,12-14H2,1-4H3,(H2,23,26). The lowest BCUT2D eigenvalue weighted by Gasteiger charge is -2.19. The van der Waals surface area contributed by atoms with Gasteiger partial charge in [0.15, 0.2) is 0 Å². The van der Waals surface area contributed by atoms with Gasteiger partial charge < -0.3 is 10.6 Å². The van der Waals surface area contributed by atoms with Crippen molar-refractivity contribution in [3.8, 4) is 0 Å². The molecule has 1 aromatic carbocycles. The Labute approximate surface area is 163 Å². The number of nitrogens with two attached hydrogens (primary N) is 1. The van der Waals surface area contributed by atoms with Gasteiger partial charge in [-0.2, -0.15) is 0 Å². The summed E-state index contributed by atoms with van der Waals surface area (Å²) in [7, 11) is 0. The van der Waals surface area contributed by atoms with Crippen LogP contribution in [-0.2, 0) is 17.6 Å². The van der Waals surface area contributed by atoms with Gasteiger partial charge in [-0.1, -0.05) is 57.3 Å². The first kappa shape index (κ1) is 20.6. The van der Waals surface area contributed by atoms with E-state index in [1.807, 2.05) is 4.90 Å². The third-order valence-corrected chi connectivity index (χ3v) is 5.69. The first-order valence-corrected chi connectivity index (χ1v) is 10.1. The molecular formula is C22H32N2OS. The Hall–Kier alpha value is -1.68. The molecule has 3 nitrogen and oxygen atoms in total. The average molecular weight is 373 g/mol. The van der Waals surface area contributed by atoms with Crippen LogP contribution < -0.4 is 5.73 Å². The minimum absolute atomic E-state index is 0.234. The zero-order chi connectivity index (χ0) is 19.3. The molecule has 1 aliphatic heterocycles. The van der Waals surface area contributed by atoms with E-state index < -0.39 is 0 Å². The summed E-state index contributed by atoms with van der Waals surface area (Å²) < 4.78 is 0. The fourth-order valence-electron chi connectivity index (χ4n) is 3.70. The second-order valence-corrected chi connectivity index (χ2v) is 8.19. The van der Waals surface area contributed by atoms with Crippen LogP contribution in [0.3, 0.4) is 0 Å². The molecule has 1 amide bonds. The monoisotopic (exact) mass is 372 g/mol. The molecule has 0 aliphatic carbocycles. The predicted molar refractivity (Wildman–Crippen MR) is 113 cm³/mol. The SMILES string of the molecule is CCC1=C(C)CN(CCCc2ccc(CC(C(N)=S)C(C)C)cc2)C1=O. The number of amides is 1. The summed E-state index contributed by atoms with van der Waals surface area (Å²) in [6, 6.07) is 8.76. The maximum atomic E-state index is 12.3. The molecule has 0 saturated carbocycles. The van der Waals surface area contributed by atoms with Crippen LogP contribution in [0.25, 0.3) is 0 Å². The Morgan fingerprint density at radius 2 is 1.85 bits per heavy atom. The molecule has 4 heteroatoms. The maximum Gasteiger partial charge on any atom is 0.250 e. The zero-order valence-electron chi connectivity index (χ0n) is 16.5. The maximum absolute atomic E-state index is 12.3. The molecule has 1 unspecified atom stereocenters. The summed E-state index contributed by atoms with van der Waals surface area (Å²) in [5.41, 5.74) is 10.7. The van der Waals surface area contributed by atoms with Crippen LogP contribution in [0.1, 0.15) is 51.7 Å². The summed E-state index contributed by atoms with van der Waals surface area (Å²) in [6.07, 6.45) is 3.73. The lowest BCUT2D eigenvalue weighted by atomic mass is 9.89. The van der Waals surface area contributed by atoms with Gasteiger partial charge in [0.25, 0.3) is 0 Å². The number of rotatable bonds is 9. The summed E-state index contributed by atoms with van der Waals surface area (Å²) in [4.78, 5) is 14.9. The molecule has 1 aliphatic rings. The van der Waals surface area contributed by atoms with E-state index in [0.29, 0.717) is 10.9 Å². The van der Waals surface area contributed by atoms with Gasteiger partial charge in [0.2, 0.25) is 5.91 Å². The quantitative estimate of drug-likeness (QED) is 0.658. The summed E-state index contributed by atoms with van der Waals surface area (Å²) in [5, 5.41) is 0. The van der Waals surface area contributed by atoms with E-state index in [0.717, 1.165) is 44.3 Å². The lowest BCUT2D eigenvalue weighted by molar-refractivity contribution is -0.125. The Kier molecular flexibility index (Phi) is 7.39. The van der Waals surface area contributed by atoms with Gasteiger partial charge in [0.05, 0.1) is 4.99 Å². The fourth-order valence-corrected chi connectivity index (χ4v) is 4.05. The largest absolute Gasteiger partial charge is 0.393 e. The minimum Gasteiger partial charge on any atom is -0.393 e. The fraction of sp³-hybridized carbons (Fsp3) is 0.545. The molecule has 2 rings (SSSR count). The molecule has 0 aromatic heterocycles. The van der Waals surface area contributed by atoms with E-state index in [1.54, 1.807) is 0 Å². The van der Waals surface area contributed by atoms with Gasteiger partial charge in [-0.25, -0.2) is 0 Å². The molecule has 0 radical (unpaired) electrons. The molecule has 0 bridgehead atoms. The highest BCUT2D eigenvalue weighted by Crippen LogP contribution is 2.22. The summed E-state index contributed by atoms with van der Waals surface area (Å²) >= 11 is 5.20. The number of hydrogen-bond acceptors (Lipinski definition) is 2. The summed E-state index contributed by atoms with van der Waals surface area (Å²) in [5.74, 6) is 0.939. The van der Waals surface area contributed by atoms with Crippen molar-refractivity contribution in [2.45, 2.75) is 53.4 Å². The molecule has 2 N–H and O–H groups in total. The molecule has 0 spiro atoms. The normalized spacial score (nSPS) is 15.9. The Morgan fingerprint density at radius 3 is 2.35 bits per heavy atom. The van der Waals surface area contributed by atoms with E-state index in [1.165, 1.54) is 16.7 Å². The molecule has 142 valence electrons. The highest BCUT2D eigenvalue weighted by Gasteiger charge is 2.25. The average Bonchev–Trinajstić information content (AvgIpc) is 2.86. The number of aryl methyl sites for hydroxylation is 1. The molecule has 1 heterocycles. The minimum atomic E-state index is 0.234. The Balaban J connectivity index is 1.83. The van der Waals surface area contributed by atoms with Crippen LogP contribution in [0.15, 0.2) is 35.4 Å². The van der Waals surface area contributed by atoms with Gasteiger partial charge in [-0.3, -0.25) is 4.79 Å². The van der Waals surface area contributed by atoms with Crippen molar-refractivity contribution >= 4 is 23.1 Å². The number of benzene rings is 1. The topological polar surface area (TPSA) is 46.3 Å². The third kappa shape index (κ3) is 5.16. The Morgan fingerprint density at radius 1 is 1.23 bits per heavy atom. The van der Waals surface area contributed by atoms with Crippen molar-refractivity contribution in [1.29, 1.82) is 0 Å². The Bertz CT molecular complexity index is 676. The van der Waals surface area contributed by atoms with Crippen LogP contribution >= 0.6 is 12.2 Å². The van der Waals surface area contributed by atoms with E-state index in [-0.39, 0.29) is 11.8 Å². The second-order valence-electron chi connectivity index (χ2n) is 7.72. The van der Waals surface area contributed by atoms with Gasteiger partial charge in [0, 0.05) is 24.6 Å². The number of carbonyl (C=O) groups is 1. The van der Waals surface area contributed by atoms with Crippen molar-refractivity contribution in [2.24, 2.45) is 17.6 Å². The number of carbonyl (C=O) groups excluding carboxylic acids is 1. The molecule has 0 saturated heterocycles. The van der Waals surface area contributed by atoms with Crippen molar-refractivity contribution in [1.82, 2.24) is 4.90 Å². The molecule has 26 heavy (non-hydrogen) atoms. The van der Waals surface area contributed by atoms with Crippen molar-refractivity contribution < 1.29 is 4.79 Å². The van der Waals surface area contributed by atoms with Crippen LogP contribution in [-0.4, -0.2) is 28.9 Å². The van der Waals surface area contributed by atoms with E-state index >= 15 is 0 Å². The number of thiocarbonyl (C=S) groups is 1. The lowest BCUT2D eigenvalue weighted by Crippen LogP contribution is -2.28. The van der Waals surface area contributed by atoms with Crippen molar-refractivity contribution in [2.75, 3.05) is 13.1 Å². The number of nitrogens with zero attached hydrogens (tertiary/aromatic N) is 1. The van der Waals surface area contributed by atoms with E-state index in [2.05, 4.69) is 52.0 Å². The van der Waals surface area contributed by atoms with E-state index in [4.69, 9.17) is 18.0 Å². The molecule has 1 atom stereocenters. The second kappa shape index (κ2) is 9.31. The number of hydrogen-bond donors (Lipinski definition) is 1. The first-order chi connectivity index (χ1) is 12.3. The highest BCUT2D eigenvalue weighted by molar-refractivity contribution is 7.80. The first-order valence-electron chi connectivity index (χ1n) is 9.68. The van der Waals surface area contributed by atoms with Gasteiger partial charge in [-0.15, -0.1) is 0 Å². The van der Waals surface area contributed by atoms with Crippen LogP contribution in [0.5, 0.6) is 0 Å². The van der Waals surface area contributed by atoms with Crippen molar-refractivity contribution in [3.05, 3.63) is 46.5 Å². The van der Waals surface area contributed by atoms with Gasteiger partial charge in [-0.05, 0) is 55.2 Å². The zero-order valence-corrected chi connectivity index (χ0v) is 17.4. The van der Waals surface area contributed by atoms with Crippen LogP contribution in [0, 0.1) is 11.8 Å². The molecule has 0 fully saturated rings. The highest BCUT2D eigenvalue weighted by atomic mass is 32.1. The van der Waals surface area contributed by atoms with Gasteiger partial charge >= 0.3 is 0 Å². The smallest absolute Gasteiger partial charge is 0.250 e. The molecular weight excluding hydrogens is 340 g/mol. The molecule has 1 aromatic rings. The van der Waals surface area contributed by atoms with Crippen LogP contribution in [0.4, 0.5) is 0 Å². The van der Waals surface area contributed by atoms with Crippen molar-refractivity contribution in [3.63, 3.8) is 0 Å². The third-order valence-electron chi connectivity index (χ3n) is 5.38. The van der Waals surface area contributed by atoms with E-state index in [9.17, 15) is 4.79 Å².